The molecule has 14 heavy (non-hydrogen) atoms. The van der Waals surface area contributed by atoms with Crippen LogP contribution in [0.15, 0.2) is 23.4 Å². The minimum atomic E-state index is -2.13. The lowest BCUT2D eigenvalue weighted by atomic mass is 10.5. The summed E-state index contributed by atoms with van der Waals surface area (Å²) in [6.45, 7) is 1.62. The molecule has 0 saturated carbocycles. The standard InChI is InChI=1S/C8H9FN2O3/c1-2-14-8(13)7(9)11-5-10-4-3-6(11)12/h3-5,7H,2H2,1H3. The molecule has 1 heterocycles. The molecule has 0 N–H and O–H groups in total. The number of nitrogens with zero attached hydrogens (tertiary/aromatic N) is 2. The second-order valence-electron chi connectivity index (χ2n) is 2.41. The SMILES string of the molecule is CCOC(=O)C(F)n1cnccc1=O. The molecule has 0 aliphatic rings. The molecule has 1 unspecified atom stereocenters. The molecular formula is C8H9FN2O3. The van der Waals surface area contributed by atoms with Crippen molar-refractivity contribution in [3.63, 3.8) is 0 Å². The molecule has 0 radical (unpaired) electrons. The highest BCUT2D eigenvalue weighted by Gasteiger charge is 2.21. The van der Waals surface area contributed by atoms with Crippen LogP contribution in [0.3, 0.4) is 0 Å². The maximum atomic E-state index is 13.2. The van der Waals surface area contributed by atoms with E-state index in [2.05, 4.69) is 9.72 Å². The molecule has 0 spiro atoms. The first-order chi connectivity index (χ1) is 6.66. The highest BCUT2D eigenvalue weighted by molar-refractivity contribution is 5.72. The Morgan fingerprint density at radius 1 is 1.79 bits per heavy atom. The Bertz CT molecular complexity index is 377. The molecule has 0 fully saturated rings. The lowest BCUT2D eigenvalue weighted by Crippen LogP contribution is -2.27. The monoisotopic (exact) mass is 200 g/mol. The van der Waals surface area contributed by atoms with E-state index in [1.807, 2.05) is 0 Å². The first-order valence-corrected chi connectivity index (χ1v) is 3.99. The molecule has 1 aromatic rings. The van der Waals surface area contributed by atoms with Crippen molar-refractivity contribution in [2.45, 2.75) is 13.2 Å². The van der Waals surface area contributed by atoms with E-state index in [1.54, 1.807) is 6.92 Å². The molecule has 1 rings (SSSR count). The number of aromatic nitrogens is 2. The van der Waals surface area contributed by atoms with Crippen molar-refractivity contribution in [1.29, 1.82) is 0 Å². The van der Waals surface area contributed by atoms with Gasteiger partial charge in [0, 0.05) is 12.3 Å². The Hall–Kier alpha value is -1.72. The number of carbonyl (C=O) groups is 1. The van der Waals surface area contributed by atoms with Crippen LogP contribution in [0, 0.1) is 0 Å². The van der Waals surface area contributed by atoms with E-state index in [0.717, 1.165) is 12.4 Å². The van der Waals surface area contributed by atoms with Crippen LogP contribution in [0.2, 0.25) is 0 Å². The van der Waals surface area contributed by atoms with Crippen molar-refractivity contribution < 1.29 is 13.9 Å². The summed E-state index contributed by atoms with van der Waals surface area (Å²) in [6, 6.07) is 1.06. The fraction of sp³-hybridized carbons (Fsp3) is 0.375. The van der Waals surface area contributed by atoms with Gasteiger partial charge in [-0.05, 0) is 6.92 Å². The number of hydrogen-bond donors (Lipinski definition) is 0. The summed E-state index contributed by atoms with van der Waals surface area (Å²) in [6.07, 6.45) is 0.0387. The highest BCUT2D eigenvalue weighted by Crippen LogP contribution is 2.06. The molecule has 0 aliphatic heterocycles. The van der Waals surface area contributed by atoms with E-state index in [9.17, 15) is 14.0 Å². The Morgan fingerprint density at radius 2 is 2.50 bits per heavy atom. The predicted molar refractivity (Wildman–Crippen MR) is 45.3 cm³/mol. The molecule has 0 aromatic carbocycles. The van der Waals surface area contributed by atoms with Crippen LogP contribution in [-0.4, -0.2) is 22.1 Å². The number of esters is 1. The van der Waals surface area contributed by atoms with Crippen molar-refractivity contribution in [2.24, 2.45) is 0 Å². The smallest absolute Gasteiger partial charge is 0.362 e. The van der Waals surface area contributed by atoms with Gasteiger partial charge < -0.3 is 4.74 Å². The Balaban J connectivity index is 2.89. The zero-order chi connectivity index (χ0) is 10.6. The van der Waals surface area contributed by atoms with Gasteiger partial charge in [-0.1, -0.05) is 0 Å². The lowest BCUT2D eigenvalue weighted by molar-refractivity contribution is -0.153. The van der Waals surface area contributed by atoms with Crippen molar-refractivity contribution in [3.8, 4) is 0 Å². The summed E-state index contributed by atoms with van der Waals surface area (Å²) >= 11 is 0. The van der Waals surface area contributed by atoms with Gasteiger partial charge >= 0.3 is 5.97 Å². The first kappa shape index (κ1) is 10.4. The molecule has 5 nitrogen and oxygen atoms in total. The van der Waals surface area contributed by atoms with Gasteiger partial charge in [-0.15, -0.1) is 0 Å². The highest BCUT2D eigenvalue weighted by atomic mass is 19.1. The zero-order valence-electron chi connectivity index (χ0n) is 7.51. The van der Waals surface area contributed by atoms with Crippen LogP contribution in [0.25, 0.3) is 0 Å². The number of hydrogen-bond acceptors (Lipinski definition) is 4. The van der Waals surface area contributed by atoms with Gasteiger partial charge in [0.15, 0.2) is 0 Å². The Morgan fingerprint density at radius 3 is 3.07 bits per heavy atom. The van der Waals surface area contributed by atoms with Crippen molar-refractivity contribution in [2.75, 3.05) is 6.61 Å². The molecule has 76 valence electrons. The first-order valence-electron chi connectivity index (χ1n) is 3.99. The largest absolute Gasteiger partial charge is 0.462 e. The number of carbonyl (C=O) groups excluding carboxylic acids is 1. The summed E-state index contributed by atoms with van der Waals surface area (Å²) in [5, 5.41) is 0. The van der Waals surface area contributed by atoms with Crippen molar-refractivity contribution in [1.82, 2.24) is 9.55 Å². The summed E-state index contributed by atoms with van der Waals surface area (Å²) in [4.78, 5) is 25.5. The van der Waals surface area contributed by atoms with Crippen molar-refractivity contribution in [3.05, 3.63) is 28.9 Å². The van der Waals surface area contributed by atoms with Gasteiger partial charge in [0.2, 0.25) is 0 Å². The van der Waals surface area contributed by atoms with Crippen LogP contribution < -0.4 is 5.56 Å². The Kier molecular flexibility index (Phi) is 3.33. The molecule has 0 saturated heterocycles. The van der Waals surface area contributed by atoms with Gasteiger partial charge in [-0.2, -0.15) is 0 Å². The van der Waals surface area contributed by atoms with E-state index in [4.69, 9.17) is 0 Å². The molecule has 1 aromatic heterocycles. The van der Waals surface area contributed by atoms with E-state index in [0.29, 0.717) is 4.57 Å². The number of halogens is 1. The third-order valence-corrected chi connectivity index (χ3v) is 1.47. The second-order valence-corrected chi connectivity index (χ2v) is 2.41. The summed E-state index contributed by atoms with van der Waals surface area (Å²) in [5.74, 6) is -1.09. The third-order valence-electron chi connectivity index (χ3n) is 1.47. The van der Waals surface area contributed by atoms with Gasteiger partial charge in [-0.3, -0.25) is 9.36 Å². The van der Waals surface area contributed by atoms with E-state index in [-0.39, 0.29) is 6.61 Å². The van der Waals surface area contributed by atoms with Gasteiger partial charge in [0.25, 0.3) is 11.9 Å². The van der Waals surface area contributed by atoms with Crippen LogP contribution in [0.5, 0.6) is 0 Å². The van der Waals surface area contributed by atoms with E-state index < -0.39 is 17.8 Å². The maximum absolute atomic E-state index is 13.2. The summed E-state index contributed by atoms with van der Waals surface area (Å²) < 4.78 is 18.2. The Labute approximate surface area is 79.1 Å². The van der Waals surface area contributed by atoms with Crippen LogP contribution in [0.1, 0.15) is 13.2 Å². The van der Waals surface area contributed by atoms with Gasteiger partial charge in [-0.25, -0.2) is 14.2 Å². The van der Waals surface area contributed by atoms with E-state index >= 15 is 0 Å². The van der Waals surface area contributed by atoms with Crippen LogP contribution >= 0.6 is 0 Å². The molecule has 6 heteroatoms. The van der Waals surface area contributed by atoms with Crippen LogP contribution in [0.4, 0.5) is 4.39 Å². The number of alkyl halides is 1. The molecule has 0 aliphatic carbocycles. The normalized spacial score (nSPS) is 12.1. The van der Waals surface area contributed by atoms with E-state index in [1.165, 1.54) is 6.20 Å². The minimum Gasteiger partial charge on any atom is -0.462 e. The number of rotatable bonds is 3. The average molecular weight is 200 g/mol. The molecular weight excluding hydrogens is 191 g/mol. The van der Waals surface area contributed by atoms with Gasteiger partial charge in [0.05, 0.1) is 6.61 Å². The summed E-state index contributed by atoms with van der Waals surface area (Å²) in [7, 11) is 0. The molecule has 0 amide bonds. The maximum Gasteiger partial charge on any atom is 0.362 e. The summed E-state index contributed by atoms with van der Waals surface area (Å²) in [5.41, 5.74) is -0.638. The predicted octanol–water partition coefficient (Wildman–Crippen LogP) is 0.274. The molecule has 1 atom stereocenters. The quantitative estimate of drug-likeness (QED) is 0.657. The number of ether oxygens (including phenoxy) is 1. The topological polar surface area (TPSA) is 61.2 Å². The second kappa shape index (κ2) is 4.50. The molecule has 0 bridgehead atoms. The van der Waals surface area contributed by atoms with Crippen molar-refractivity contribution >= 4 is 5.97 Å². The lowest BCUT2D eigenvalue weighted by Gasteiger charge is -2.08. The van der Waals surface area contributed by atoms with Gasteiger partial charge in [0.1, 0.15) is 6.33 Å². The third kappa shape index (κ3) is 2.15. The minimum absolute atomic E-state index is 0.0638. The average Bonchev–Trinajstić information content (AvgIpc) is 2.18. The van der Waals surface area contributed by atoms with Crippen LogP contribution in [-0.2, 0) is 9.53 Å². The fourth-order valence-corrected chi connectivity index (χ4v) is 0.855. The zero-order valence-corrected chi connectivity index (χ0v) is 7.51. The fourth-order valence-electron chi connectivity index (χ4n) is 0.855.